The largest absolute Gasteiger partial charge is 0.493 e. The molecule has 35 heavy (non-hydrogen) atoms. The molecule has 0 bridgehead atoms. The van der Waals surface area contributed by atoms with E-state index in [2.05, 4.69) is 5.32 Å². The summed E-state index contributed by atoms with van der Waals surface area (Å²) in [4.78, 5) is 27.4. The second-order valence-corrected chi connectivity index (χ2v) is 10.4. The number of benzene rings is 1. The molecule has 1 aromatic heterocycles. The summed E-state index contributed by atoms with van der Waals surface area (Å²) in [5.41, 5.74) is 6.88. The van der Waals surface area contributed by atoms with Crippen molar-refractivity contribution in [1.82, 2.24) is 13.8 Å². The number of hydrogen-bond donors (Lipinski definition) is 2. The Labute approximate surface area is 208 Å². The molecule has 0 radical (unpaired) electrons. The molecule has 0 spiro atoms. The third kappa shape index (κ3) is 6.62. The predicted molar refractivity (Wildman–Crippen MR) is 136 cm³/mol. The predicted octanol–water partition coefficient (Wildman–Crippen LogP) is 2.30. The molecule has 0 aliphatic carbocycles. The number of nitrogens with zero attached hydrogens (tertiary/aromatic N) is 3. The van der Waals surface area contributed by atoms with Gasteiger partial charge in [0.15, 0.2) is 0 Å². The third-order valence-corrected chi connectivity index (χ3v) is 7.50. The molecule has 0 saturated carbocycles. The van der Waals surface area contributed by atoms with Crippen LogP contribution in [0.4, 0.5) is 5.69 Å². The van der Waals surface area contributed by atoms with Gasteiger partial charge in [0.25, 0.3) is 11.8 Å². The molecule has 2 rings (SSSR count). The number of ether oxygens (including phenoxy) is 1. The second-order valence-electron chi connectivity index (χ2n) is 8.45. The Morgan fingerprint density at radius 1 is 1.14 bits per heavy atom. The van der Waals surface area contributed by atoms with Crippen molar-refractivity contribution in [2.75, 3.05) is 45.7 Å². The van der Waals surface area contributed by atoms with Crippen LogP contribution < -0.4 is 15.8 Å². The van der Waals surface area contributed by atoms with Gasteiger partial charge in [-0.2, -0.15) is 4.31 Å². The van der Waals surface area contributed by atoms with Crippen molar-refractivity contribution in [3.8, 4) is 5.75 Å². The quantitative estimate of drug-likeness (QED) is 0.428. The van der Waals surface area contributed by atoms with Gasteiger partial charge in [0.05, 0.1) is 22.8 Å². The fraction of sp³-hybridized carbons (Fsp3) is 0.500. The lowest BCUT2D eigenvalue weighted by molar-refractivity contribution is 0.0993. The van der Waals surface area contributed by atoms with Crippen LogP contribution in [0.2, 0.25) is 0 Å². The van der Waals surface area contributed by atoms with E-state index in [1.807, 2.05) is 25.9 Å². The van der Waals surface area contributed by atoms with Gasteiger partial charge in [0, 0.05) is 32.9 Å². The van der Waals surface area contributed by atoms with Gasteiger partial charge in [-0.1, -0.05) is 20.3 Å². The van der Waals surface area contributed by atoms with Crippen molar-refractivity contribution in [2.24, 2.45) is 12.8 Å². The van der Waals surface area contributed by atoms with Crippen LogP contribution in [0.5, 0.6) is 5.75 Å². The number of primary amides is 1. The van der Waals surface area contributed by atoms with E-state index in [-0.39, 0.29) is 35.1 Å². The van der Waals surface area contributed by atoms with E-state index in [0.717, 1.165) is 12.0 Å². The lowest BCUT2D eigenvalue weighted by Gasteiger charge is -2.23. The van der Waals surface area contributed by atoms with Crippen molar-refractivity contribution in [2.45, 2.75) is 38.5 Å². The average Bonchev–Trinajstić information content (AvgIpc) is 3.09. The monoisotopic (exact) mass is 507 g/mol. The minimum Gasteiger partial charge on any atom is -0.493 e. The Morgan fingerprint density at radius 3 is 2.37 bits per heavy atom. The smallest absolute Gasteiger partial charge is 0.267 e. The van der Waals surface area contributed by atoms with Gasteiger partial charge < -0.3 is 25.3 Å². The summed E-state index contributed by atoms with van der Waals surface area (Å²) in [5.74, 6) is -1.02. The van der Waals surface area contributed by atoms with Gasteiger partial charge in [-0.15, -0.1) is 0 Å². The molecule has 0 aliphatic rings. The number of aromatic nitrogens is 1. The summed E-state index contributed by atoms with van der Waals surface area (Å²) >= 11 is 0. The number of amides is 2. The van der Waals surface area contributed by atoms with Crippen LogP contribution in [0, 0.1) is 0 Å². The van der Waals surface area contributed by atoms with Crippen LogP contribution in [-0.2, 0) is 23.5 Å². The zero-order chi connectivity index (χ0) is 26.3. The first-order valence-corrected chi connectivity index (χ1v) is 13.1. The minimum absolute atomic E-state index is 0.0105. The number of rotatable bonds is 13. The Morgan fingerprint density at radius 2 is 1.83 bits per heavy atom. The Hall–Kier alpha value is -2.89. The topological polar surface area (TPSA) is 127 Å². The second kappa shape index (κ2) is 12.2. The van der Waals surface area contributed by atoms with Crippen LogP contribution in [0.15, 0.2) is 29.3 Å². The standard InChI is InChI=1S/C24H37N5O5S/c1-7-10-17-16-28(6)22(23(25)30)21(17)26-24(31)19-15-18(11-12-20(19)34-9-3)35(32,33)29(8-2)14-13-27(4)5/h11-12,15-16H,7-10,13-14H2,1-6H3,(H2,25,30)(H,26,31). The van der Waals surface area contributed by atoms with Crippen molar-refractivity contribution in [1.29, 1.82) is 0 Å². The van der Waals surface area contributed by atoms with E-state index >= 15 is 0 Å². The van der Waals surface area contributed by atoms with Gasteiger partial charge in [0.2, 0.25) is 10.0 Å². The number of hydrogen-bond acceptors (Lipinski definition) is 6. The normalized spacial score (nSPS) is 11.8. The number of nitrogens with one attached hydrogen (secondary N) is 1. The van der Waals surface area contributed by atoms with E-state index in [0.29, 0.717) is 25.2 Å². The number of anilines is 1. The molecule has 10 nitrogen and oxygen atoms in total. The zero-order valence-corrected chi connectivity index (χ0v) is 22.2. The highest BCUT2D eigenvalue weighted by Gasteiger charge is 2.27. The first kappa shape index (κ1) is 28.3. The van der Waals surface area contributed by atoms with Crippen LogP contribution in [0.1, 0.15) is 53.6 Å². The molecule has 3 N–H and O–H groups in total. The number of carbonyl (C=O) groups excluding carboxylic acids is 2. The van der Waals surface area contributed by atoms with E-state index in [4.69, 9.17) is 10.5 Å². The number of likely N-dealkylation sites (N-methyl/N-ethyl adjacent to an activating group) is 2. The molecule has 0 atom stereocenters. The van der Waals surface area contributed by atoms with Crippen LogP contribution in [0.25, 0.3) is 0 Å². The molecule has 0 aliphatic heterocycles. The molecule has 2 amide bonds. The van der Waals surface area contributed by atoms with E-state index in [1.165, 1.54) is 22.5 Å². The maximum atomic E-state index is 13.4. The van der Waals surface area contributed by atoms with Gasteiger partial charge in [-0.3, -0.25) is 9.59 Å². The summed E-state index contributed by atoms with van der Waals surface area (Å²) < 4.78 is 35.2. The number of aryl methyl sites for hydroxylation is 2. The van der Waals surface area contributed by atoms with E-state index in [9.17, 15) is 18.0 Å². The molecular weight excluding hydrogens is 470 g/mol. The van der Waals surface area contributed by atoms with Crippen molar-refractivity contribution < 1.29 is 22.7 Å². The Bertz CT molecular complexity index is 1160. The van der Waals surface area contributed by atoms with E-state index in [1.54, 1.807) is 31.7 Å². The lowest BCUT2D eigenvalue weighted by atomic mass is 10.1. The fourth-order valence-corrected chi connectivity index (χ4v) is 5.27. The lowest BCUT2D eigenvalue weighted by Crippen LogP contribution is -2.36. The SMILES string of the molecule is CCCc1cn(C)c(C(N)=O)c1NC(=O)c1cc(S(=O)(=O)N(CC)CCN(C)C)ccc1OCC. The maximum Gasteiger partial charge on any atom is 0.267 e. The fourth-order valence-electron chi connectivity index (χ4n) is 3.80. The molecule has 1 heterocycles. The van der Waals surface area contributed by atoms with Crippen LogP contribution in [-0.4, -0.2) is 74.3 Å². The summed E-state index contributed by atoms with van der Waals surface area (Å²) in [6.45, 7) is 6.97. The zero-order valence-electron chi connectivity index (χ0n) is 21.4. The van der Waals surface area contributed by atoms with Crippen LogP contribution in [0.3, 0.4) is 0 Å². The molecule has 11 heteroatoms. The molecule has 1 aromatic carbocycles. The van der Waals surface area contributed by atoms with Crippen molar-refractivity contribution in [3.63, 3.8) is 0 Å². The summed E-state index contributed by atoms with van der Waals surface area (Å²) in [6, 6.07) is 4.24. The Balaban J connectivity index is 2.53. The molecular formula is C24H37N5O5S. The van der Waals surface area contributed by atoms with Crippen molar-refractivity contribution in [3.05, 3.63) is 41.2 Å². The summed E-state index contributed by atoms with van der Waals surface area (Å²) in [5, 5.41) is 2.79. The third-order valence-electron chi connectivity index (χ3n) is 5.53. The highest BCUT2D eigenvalue weighted by atomic mass is 32.2. The molecule has 194 valence electrons. The molecule has 2 aromatic rings. The Kier molecular flexibility index (Phi) is 9.87. The first-order valence-electron chi connectivity index (χ1n) is 11.7. The highest BCUT2D eigenvalue weighted by molar-refractivity contribution is 7.89. The van der Waals surface area contributed by atoms with E-state index < -0.39 is 21.8 Å². The number of nitrogens with two attached hydrogens (primary N) is 1. The highest BCUT2D eigenvalue weighted by Crippen LogP contribution is 2.29. The van der Waals surface area contributed by atoms with Gasteiger partial charge in [-0.25, -0.2) is 8.42 Å². The average molecular weight is 508 g/mol. The van der Waals surface area contributed by atoms with Crippen LogP contribution >= 0.6 is 0 Å². The van der Waals surface area contributed by atoms with Gasteiger partial charge >= 0.3 is 0 Å². The summed E-state index contributed by atoms with van der Waals surface area (Å²) in [7, 11) is 1.58. The van der Waals surface area contributed by atoms with Gasteiger partial charge in [-0.05, 0) is 51.2 Å². The first-order chi connectivity index (χ1) is 16.5. The molecule has 0 fully saturated rings. The summed E-state index contributed by atoms with van der Waals surface area (Å²) in [6.07, 6.45) is 3.18. The van der Waals surface area contributed by atoms with Gasteiger partial charge in [0.1, 0.15) is 11.4 Å². The minimum atomic E-state index is -3.85. The molecule has 0 saturated heterocycles. The molecule has 0 unspecified atom stereocenters. The number of carbonyl (C=O) groups is 2. The maximum absolute atomic E-state index is 13.4. The number of sulfonamides is 1. The van der Waals surface area contributed by atoms with Crippen molar-refractivity contribution >= 4 is 27.5 Å².